The van der Waals surface area contributed by atoms with Gasteiger partial charge in [0.1, 0.15) is 0 Å². The Hall–Kier alpha value is -1.43. The second kappa shape index (κ2) is 6.49. The Morgan fingerprint density at radius 2 is 2.11 bits per heavy atom. The number of hydrogen-bond donors (Lipinski definition) is 2. The van der Waals surface area contributed by atoms with Crippen molar-refractivity contribution >= 4 is 34.5 Å². The van der Waals surface area contributed by atoms with Crippen molar-refractivity contribution in [2.75, 3.05) is 11.9 Å². The molecule has 2 aromatic rings. The van der Waals surface area contributed by atoms with E-state index in [0.717, 1.165) is 10.6 Å². The van der Waals surface area contributed by atoms with E-state index in [1.807, 2.05) is 0 Å². The number of carbonyl (C=O) groups excluding carboxylic acids is 1. The molecule has 0 aliphatic rings. The van der Waals surface area contributed by atoms with E-state index < -0.39 is 0 Å². The van der Waals surface area contributed by atoms with Crippen LogP contribution in [0, 0.1) is 0 Å². The van der Waals surface area contributed by atoms with E-state index in [2.05, 4.69) is 15.6 Å². The Morgan fingerprint density at radius 1 is 1.33 bits per heavy atom. The van der Waals surface area contributed by atoms with Crippen molar-refractivity contribution < 1.29 is 4.79 Å². The summed E-state index contributed by atoms with van der Waals surface area (Å²) in [5.74, 6) is -0.0816. The lowest BCUT2D eigenvalue weighted by molar-refractivity contribution is -0.115. The van der Waals surface area contributed by atoms with Gasteiger partial charge in [0.05, 0.1) is 12.1 Å². The SMILES string of the molecule is O=C(CNCc1cncs1)Nc1ccc(Cl)cc1. The van der Waals surface area contributed by atoms with Gasteiger partial charge >= 0.3 is 0 Å². The van der Waals surface area contributed by atoms with Crippen LogP contribution in [0.3, 0.4) is 0 Å². The minimum atomic E-state index is -0.0816. The fourth-order valence-electron chi connectivity index (χ4n) is 1.37. The molecule has 0 radical (unpaired) electrons. The molecule has 1 amide bonds. The number of thiazole rings is 1. The van der Waals surface area contributed by atoms with Crippen LogP contribution in [0.5, 0.6) is 0 Å². The lowest BCUT2D eigenvalue weighted by atomic mass is 10.3. The smallest absolute Gasteiger partial charge is 0.238 e. The van der Waals surface area contributed by atoms with Gasteiger partial charge < -0.3 is 10.6 Å². The van der Waals surface area contributed by atoms with Gasteiger partial charge in [-0.2, -0.15) is 0 Å². The molecule has 1 aromatic carbocycles. The maximum atomic E-state index is 11.6. The number of benzene rings is 1. The molecule has 0 atom stereocenters. The molecule has 0 bridgehead atoms. The average Bonchev–Trinajstić information content (AvgIpc) is 2.85. The molecule has 6 heteroatoms. The van der Waals surface area contributed by atoms with E-state index in [4.69, 9.17) is 11.6 Å². The summed E-state index contributed by atoms with van der Waals surface area (Å²) in [7, 11) is 0. The number of aromatic nitrogens is 1. The Morgan fingerprint density at radius 3 is 2.78 bits per heavy atom. The minimum absolute atomic E-state index is 0.0816. The highest BCUT2D eigenvalue weighted by molar-refractivity contribution is 7.09. The van der Waals surface area contributed by atoms with Crippen LogP contribution in [-0.4, -0.2) is 17.4 Å². The molecule has 0 spiro atoms. The van der Waals surface area contributed by atoms with E-state index in [9.17, 15) is 4.79 Å². The van der Waals surface area contributed by atoms with Gasteiger partial charge in [-0.1, -0.05) is 11.6 Å². The molecule has 2 N–H and O–H groups in total. The summed E-state index contributed by atoms with van der Waals surface area (Å²) in [5.41, 5.74) is 2.51. The molecular formula is C12H12ClN3OS. The number of hydrogen-bond acceptors (Lipinski definition) is 4. The van der Waals surface area contributed by atoms with Crippen LogP contribution in [0.25, 0.3) is 0 Å². The van der Waals surface area contributed by atoms with E-state index >= 15 is 0 Å². The highest BCUT2D eigenvalue weighted by Gasteiger charge is 2.02. The standard InChI is InChI=1S/C12H12ClN3OS/c13-9-1-3-10(4-2-9)16-12(17)7-14-5-11-6-15-8-18-11/h1-4,6,8,14H,5,7H2,(H,16,17). The number of nitrogens with zero attached hydrogens (tertiary/aromatic N) is 1. The van der Waals surface area contributed by atoms with Crippen molar-refractivity contribution in [3.63, 3.8) is 0 Å². The van der Waals surface area contributed by atoms with Gasteiger partial charge in [-0.15, -0.1) is 11.3 Å². The molecule has 1 heterocycles. The lowest BCUT2D eigenvalue weighted by Gasteiger charge is -2.05. The zero-order valence-electron chi connectivity index (χ0n) is 9.52. The highest BCUT2D eigenvalue weighted by atomic mass is 35.5. The molecule has 1 aromatic heterocycles. The van der Waals surface area contributed by atoms with Gasteiger partial charge in [-0.05, 0) is 24.3 Å². The summed E-state index contributed by atoms with van der Waals surface area (Å²) in [6, 6.07) is 7.01. The first kappa shape index (κ1) is 13.0. The Bertz CT molecular complexity index is 499. The second-order valence-electron chi connectivity index (χ2n) is 3.63. The maximum Gasteiger partial charge on any atom is 0.238 e. The van der Waals surface area contributed by atoms with Crippen molar-refractivity contribution in [3.05, 3.63) is 45.9 Å². The first-order chi connectivity index (χ1) is 8.74. The Balaban J connectivity index is 1.73. The summed E-state index contributed by atoms with van der Waals surface area (Å²) < 4.78 is 0. The maximum absolute atomic E-state index is 11.6. The number of halogens is 1. The quantitative estimate of drug-likeness (QED) is 0.885. The van der Waals surface area contributed by atoms with Crippen molar-refractivity contribution in [2.24, 2.45) is 0 Å². The van der Waals surface area contributed by atoms with E-state index in [0.29, 0.717) is 11.6 Å². The van der Waals surface area contributed by atoms with Crippen LogP contribution >= 0.6 is 22.9 Å². The van der Waals surface area contributed by atoms with Crippen LogP contribution < -0.4 is 10.6 Å². The number of amides is 1. The summed E-state index contributed by atoms with van der Waals surface area (Å²) in [6.45, 7) is 0.916. The molecule has 0 saturated carbocycles. The van der Waals surface area contributed by atoms with Crippen LogP contribution in [0.2, 0.25) is 5.02 Å². The lowest BCUT2D eigenvalue weighted by Crippen LogP contribution is -2.27. The molecule has 18 heavy (non-hydrogen) atoms. The van der Waals surface area contributed by atoms with Crippen molar-refractivity contribution in [1.82, 2.24) is 10.3 Å². The summed E-state index contributed by atoms with van der Waals surface area (Å²) in [6.07, 6.45) is 1.79. The summed E-state index contributed by atoms with van der Waals surface area (Å²) >= 11 is 7.32. The molecule has 0 fully saturated rings. The Kier molecular flexibility index (Phi) is 4.69. The molecule has 0 aliphatic carbocycles. The molecule has 0 aliphatic heterocycles. The van der Waals surface area contributed by atoms with Crippen LogP contribution in [0.15, 0.2) is 36.0 Å². The fourth-order valence-corrected chi connectivity index (χ4v) is 2.06. The van der Waals surface area contributed by atoms with Gasteiger partial charge in [0.2, 0.25) is 5.91 Å². The average molecular weight is 282 g/mol. The molecule has 94 valence electrons. The zero-order chi connectivity index (χ0) is 12.8. The number of anilines is 1. The van der Waals surface area contributed by atoms with Crippen molar-refractivity contribution in [1.29, 1.82) is 0 Å². The van der Waals surface area contributed by atoms with E-state index in [1.54, 1.807) is 47.3 Å². The fraction of sp³-hybridized carbons (Fsp3) is 0.167. The molecule has 4 nitrogen and oxygen atoms in total. The molecule has 2 rings (SSSR count). The minimum Gasteiger partial charge on any atom is -0.325 e. The molecular weight excluding hydrogens is 270 g/mol. The number of carbonyl (C=O) groups is 1. The first-order valence-corrected chi connectivity index (χ1v) is 6.63. The third kappa shape index (κ3) is 4.10. The van der Waals surface area contributed by atoms with Crippen LogP contribution in [0.4, 0.5) is 5.69 Å². The van der Waals surface area contributed by atoms with Crippen LogP contribution in [-0.2, 0) is 11.3 Å². The molecule has 0 saturated heterocycles. The highest BCUT2D eigenvalue weighted by Crippen LogP contribution is 2.13. The van der Waals surface area contributed by atoms with Gasteiger partial charge in [-0.25, -0.2) is 0 Å². The van der Waals surface area contributed by atoms with Gasteiger partial charge in [0.15, 0.2) is 0 Å². The third-order valence-corrected chi connectivity index (χ3v) is 3.23. The van der Waals surface area contributed by atoms with Gasteiger partial charge in [0, 0.05) is 28.3 Å². The second-order valence-corrected chi connectivity index (χ2v) is 5.03. The van der Waals surface area contributed by atoms with E-state index in [-0.39, 0.29) is 12.5 Å². The topological polar surface area (TPSA) is 54.0 Å². The zero-order valence-corrected chi connectivity index (χ0v) is 11.1. The Labute approximate surface area is 114 Å². The predicted molar refractivity (Wildman–Crippen MR) is 73.9 cm³/mol. The first-order valence-electron chi connectivity index (χ1n) is 5.37. The largest absolute Gasteiger partial charge is 0.325 e. The number of nitrogens with one attached hydrogen (secondary N) is 2. The van der Waals surface area contributed by atoms with Crippen molar-refractivity contribution in [3.8, 4) is 0 Å². The molecule has 0 unspecified atom stereocenters. The number of rotatable bonds is 5. The summed E-state index contributed by atoms with van der Waals surface area (Å²) in [5, 5.41) is 6.48. The predicted octanol–water partition coefficient (Wildman–Crippen LogP) is 2.52. The van der Waals surface area contributed by atoms with Crippen LogP contribution in [0.1, 0.15) is 4.88 Å². The van der Waals surface area contributed by atoms with Gasteiger partial charge in [0.25, 0.3) is 0 Å². The normalized spacial score (nSPS) is 10.3. The third-order valence-electron chi connectivity index (χ3n) is 2.20. The van der Waals surface area contributed by atoms with E-state index in [1.165, 1.54) is 0 Å². The monoisotopic (exact) mass is 281 g/mol. The van der Waals surface area contributed by atoms with Crippen molar-refractivity contribution in [2.45, 2.75) is 6.54 Å². The summed E-state index contributed by atoms with van der Waals surface area (Å²) in [4.78, 5) is 16.7. The van der Waals surface area contributed by atoms with Gasteiger partial charge in [-0.3, -0.25) is 9.78 Å².